The zero-order valence-electron chi connectivity index (χ0n) is 11.0. The van der Waals surface area contributed by atoms with Crippen LogP contribution in [-0.2, 0) is 10.0 Å². The lowest BCUT2D eigenvalue weighted by molar-refractivity contribution is 0.396. The molecule has 6 heteroatoms. The Morgan fingerprint density at radius 3 is 2.35 bits per heavy atom. The van der Waals surface area contributed by atoms with Crippen molar-refractivity contribution in [3.05, 3.63) is 0 Å². The molecule has 0 heterocycles. The van der Waals surface area contributed by atoms with Crippen molar-refractivity contribution in [2.75, 3.05) is 12.3 Å². The highest BCUT2D eigenvalue weighted by molar-refractivity contribution is 7.89. The fraction of sp³-hybridized carbons (Fsp3) is 0.909. The van der Waals surface area contributed by atoms with Gasteiger partial charge in [0.15, 0.2) is 0 Å². The summed E-state index contributed by atoms with van der Waals surface area (Å²) in [6.07, 6.45) is 2.94. The van der Waals surface area contributed by atoms with E-state index in [-0.39, 0.29) is 11.2 Å². The van der Waals surface area contributed by atoms with Gasteiger partial charge in [-0.25, -0.2) is 13.1 Å². The Kier molecular flexibility index (Phi) is 7.20. The van der Waals surface area contributed by atoms with Crippen LogP contribution in [0.2, 0.25) is 0 Å². The second-order valence-electron chi connectivity index (χ2n) is 5.45. The van der Waals surface area contributed by atoms with Crippen molar-refractivity contribution in [3.8, 4) is 0 Å². The van der Waals surface area contributed by atoms with Gasteiger partial charge in [0.25, 0.3) is 0 Å². The van der Waals surface area contributed by atoms with E-state index in [1.54, 1.807) is 0 Å². The van der Waals surface area contributed by atoms with Crippen LogP contribution < -0.4 is 10.5 Å². The molecule has 17 heavy (non-hydrogen) atoms. The van der Waals surface area contributed by atoms with Gasteiger partial charge >= 0.3 is 0 Å². The van der Waals surface area contributed by atoms with Gasteiger partial charge in [-0.05, 0) is 31.1 Å². The number of sulfonamides is 1. The number of rotatable bonds is 8. The van der Waals surface area contributed by atoms with Crippen molar-refractivity contribution in [2.24, 2.45) is 11.1 Å². The van der Waals surface area contributed by atoms with Crippen LogP contribution in [-0.4, -0.2) is 25.7 Å². The van der Waals surface area contributed by atoms with Crippen molar-refractivity contribution in [1.29, 1.82) is 0 Å². The molecular formula is C11H24N2O2S2. The van der Waals surface area contributed by atoms with Crippen molar-refractivity contribution in [2.45, 2.75) is 46.5 Å². The van der Waals surface area contributed by atoms with E-state index in [2.05, 4.69) is 4.72 Å². The first-order valence-electron chi connectivity index (χ1n) is 5.88. The number of hydrogen-bond acceptors (Lipinski definition) is 3. The van der Waals surface area contributed by atoms with Gasteiger partial charge in [0.1, 0.15) is 0 Å². The van der Waals surface area contributed by atoms with Gasteiger partial charge in [-0.15, -0.1) is 0 Å². The van der Waals surface area contributed by atoms with E-state index < -0.39 is 10.0 Å². The highest BCUT2D eigenvalue weighted by Crippen LogP contribution is 2.18. The van der Waals surface area contributed by atoms with Gasteiger partial charge in [0, 0.05) is 6.54 Å². The molecule has 0 aliphatic rings. The Labute approximate surface area is 110 Å². The highest BCUT2D eigenvalue weighted by Gasteiger charge is 2.16. The van der Waals surface area contributed by atoms with Crippen molar-refractivity contribution >= 4 is 27.2 Å². The van der Waals surface area contributed by atoms with Gasteiger partial charge in [-0.2, -0.15) is 0 Å². The minimum atomic E-state index is -3.13. The number of nitrogens with one attached hydrogen (secondary N) is 1. The first-order chi connectivity index (χ1) is 7.62. The summed E-state index contributed by atoms with van der Waals surface area (Å²) in [5.74, 6) is 0.186. The molecule has 0 aromatic heterocycles. The van der Waals surface area contributed by atoms with Crippen molar-refractivity contribution < 1.29 is 8.42 Å². The predicted octanol–water partition coefficient (Wildman–Crippen LogP) is 1.80. The highest BCUT2D eigenvalue weighted by atomic mass is 32.2. The topological polar surface area (TPSA) is 72.2 Å². The second-order valence-corrected chi connectivity index (χ2v) is 7.90. The van der Waals surface area contributed by atoms with E-state index in [0.29, 0.717) is 24.4 Å². The van der Waals surface area contributed by atoms with Gasteiger partial charge in [0.05, 0.1) is 10.7 Å². The van der Waals surface area contributed by atoms with Crippen LogP contribution >= 0.6 is 12.2 Å². The summed E-state index contributed by atoms with van der Waals surface area (Å²) in [6, 6.07) is 0. The van der Waals surface area contributed by atoms with E-state index in [9.17, 15) is 8.42 Å². The summed E-state index contributed by atoms with van der Waals surface area (Å²) in [6.45, 7) is 6.56. The first-order valence-corrected chi connectivity index (χ1v) is 7.94. The number of hydrogen-bond donors (Lipinski definition) is 2. The van der Waals surface area contributed by atoms with Gasteiger partial charge in [-0.1, -0.05) is 33.0 Å². The first kappa shape index (κ1) is 16.8. The lowest BCUT2D eigenvalue weighted by atomic mass is 9.94. The Morgan fingerprint density at radius 1 is 1.29 bits per heavy atom. The average Bonchev–Trinajstić information content (AvgIpc) is 2.13. The quantitative estimate of drug-likeness (QED) is 0.525. The van der Waals surface area contributed by atoms with Crippen LogP contribution in [0.25, 0.3) is 0 Å². The Morgan fingerprint density at radius 2 is 1.88 bits per heavy atom. The maximum Gasteiger partial charge on any atom is 0.211 e. The molecule has 0 spiro atoms. The Balaban J connectivity index is 3.76. The third-order valence-corrected chi connectivity index (χ3v) is 3.88. The van der Waals surface area contributed by atoms with Crippen molar-refractivity contribution in [3.63, 3.8) is 0 Å². The molecule has 0 rings (SSSR count). The van der Waals surface area contributed by atoms with E-state index in [0.717, 1.165) is 12.8 Å². The lowest BCUT2D eigenvalue weighted by Gasteiger charge is -2.17. The molecule has 0 atom stereocenters. The van der Waals surface area contributed by atoms with Crippen LogP contribution in [0.5, 0.6) is 0 Å². The standard InChI is InChI=1S/C11H24N2O2S2/c1-11(2,3)7-9-17(14,15)13-8-5-4-6-10(12)16/h13H,4-9H2,1-3H3,(H2,12,16). The molecule has 3 N–H and O–H groups in total. The maximum absolute atomic E-state index is 11.6. The van der Waals surface area contributed by atoms with Gasteiger partial charge in [-0.3, -0.25) is 0 Å². The monoisotopic (exact) mass is 280 g/mol. The SMILES string of the molecule is CC(C)(C)CCS(=O)(=O)NCCCCC(N)=S. The third-order valence-electron chi connectivity index (χ3n) is 2.29. The molecule has 0 aromatic rings. The molecular weight excluding hydrogens is 256 g/mol. The molecule has 0 aromatic carbocycles. The summed E-state index contributed by atoms with van der Waals surface area (Å²) in [5.41, 5.74) is 5.39. The fourth-order valence-corrected chi connectivity index (χ4v) is 2.79. The second kappa shape index (κ2) is 7.28. The molecule has 0 radical (unpaired) electrons. The van der Waals surface area contributed by atoms with Crippen LogP contribution in [0.1, 0.15) is 46.5 Å². The van der Waals surface area contributed by atoms with Gasteiger partial charge < -0.3 is 5.73 Å². The molecule has 4 nitrogen and oxygen atoms in total. The van der Waals surface area contributed by atoms with Crippen LogP contribution in [0.15, 0.2) is 0 Å². The Hall–Kier alpha value is -0.200. The van der Waals surface area contributed by atoms with Crippen LogP contribution in [0, 0.1) is 5.41 Å². The van der Waals surface area contributed by atoms with E-state index in [1.165, 1.54) is 0 Å². The lowest BCUT2D eigenvalue weighted by Crippen LogP contribution is -2.29. The van der Waals surface area contributed by atoms with E-state index in [1.807, 2.05) is 20.8 Å². The summed E-state index contributed by atoms with van der Waals surface area (Å²) in [5, 5.41) is 0. The average molecular weight is 280 g/mol. The smallest absolute Gasteiger partial charge is 0.211 e. The summed E-state index contributed by atoms with van der Waals surface area (Å²) < 4.78 is 25.8. The fourth-order valence-electron chi connectivity index (χ4n) is 1.16. The summed E-state index contributed by atoms with van der Waals surface area (Å²) in [7, 11) is -3.13. The number of thiocarbonyl (C=S) groups is 1. The maximum atomic E-state index is 11.6. The number of nitrogens with two attached hydrogens (primary N) is 1. The molecule has 0 unspecified atom stereocenters. The molecule has 0 saturated heterocycles. The zero-order valence-corrected chi connectivity index (χ0v) is 12.6. The largest absolute Gasteiger partial charge is 0.393 e. The summed E-state index contributed by atoms with van der Waals surface area (Å²) >= 11 is 4.74. The predicted molar refractivity (Wildman–Crippen MR) is 76.5 cm³/mol. The molecule has 0 saturated carbocycles. The van der Waals surface area contributed by atoms with Gasteiger partial charge in [0.2, 0.25) is 10.0 Å². The van der Waals surface area contributed by atoms with Crippen molar-refractivity contribution in [1.82, 2.24) is 4.72 Å². The zero-order chi connectivity index (χ0) is 13.5. The minimum absolute atomic E-state index is 0.0422. The molecule has 0 fully saturated rings. The van der Waals surface area contributed by atoms with Crippen LogP contribution in [0.3, 0.4) is 0 Å². The molecule has 0 aliphatic heterocycles. The van der Waals surface area contributed by atoms with Crippen LogP contribution in [0.4, 0.5) is 0 Å². The number of unbranched alkanes of at least 4 members (excludes halogenated alkanes) is 1. The van der Waals surface area contributed by atoms with E-state index >= 15 is 0 Å². The molecule has 102 valence electrons. The molecule has 0 bridgehead atoms. The Bertz CT molecular complexity index is 332. The third kappa shape index (κ3) is 12.1. The molecule has 0 aliphatic carbocycles. The summed E-state index contributed by atoms with van der Waals surface area (Å²) in [4.78, 5) is 0.487. The van der Waals surface area contributed by atoms with E-state index in [4.69, 9.17) is 18.0 Å². The minimum Gasteiger partial charge on any atom is -0.393 e. The molecule has 0 amide bonds. The normalized spacial score (nSPS) is 12.6.